The molecule has 0 radical (unpaired) electrons. The first-order valence-electron chi connectivity index (χ1n) is 7.71. The Morgan fingerprint density at radius 3 is 2.53 bits per heavy atom. The van der Waals surface area contributed by atoms with Crippen LogP contribution in [0.5, 0.6) is 0 Å². The Bertz CT molecular complexity index is 291. The van der Waals surface area contributed by atoms with E-state index in [9.17, 15) is 4.79 Å². The van der Waals surface area contributed by atoms with Gasteiger partial charge in [-0.25, -0.2) is 0 Å². The summed E-state index contributed by atoms with van der Waals surface area (Å²) < 4.78 is 0. The lowest BCUT2D eigenvalue weighted by molar-refractivity contribution is -0.124. The molecule has 112 valence electrons. The largest absolute Gasteiger partial charge is 0.368 e. The monoisotopic (exact) mass is 269 g/mol. The maximum absolute atomic E-state index is 11.7. The molecule has 4 heteroatoms. The zero-order chi connectivity index (χ0) is 14.5. The van der Waals surface area contributed by atoms with Crippen molar-refractivity contribution in [2.24, 2.45) is 11.7 Å². The highest BCUT2D eigenvalue weighted by atomic mass is 16.1. The normalized spacial score (nSPS) is 20.3. The van der Waals surface area contributed by atoms with Gasteiger partial charge in [0, 0.05) is 19.1 Å². The van der Waals surface area contributed by atoms with Gasteiger partial charge >= 0.3 is 0 Å². The molecule has 4 nitrogen and oxygen atoms in total. The van der Waals surface area contributed by atoms with Crippen LogP contribution in [0.25, 0.3) is 0 Å². The van der Waals surface area contributed by atoms with E-state index in [1.807, 2.05) is 6.92 Å². The van der Waals surface area contributed by atoms with Gasteiger partial charge in [-0.3, -0.25) is 4.79 Å². The lowest BCUT2D eigenvalue weighted by atomic mass is 9.96. The summed E-state index contributed by atoms with van der Waals surface area (Å²) in [6, 6.07) is 0.502. The molecule has 19 heavy (non-hydrogen) atoms. The van der Waals surface area contributed by atoms with Gasteiger partial charge in [0.2, 0.25) is 5.91 Å². The van der Waals surface area contributed by atoms with Gasteiger partial charge in [-0.15, -0.1) is 0 Å². The summed E-state index contributed by atoms with van der Waals surface area (Å²) in [5.74, 6) is 0.482. The van der Waals surface area contributed by atoms with E-state index in [0.717, 1.165) is 26.1 Å². The number of nitrogens with zero attached hydrogens (tertiary/aromatic N) is 1. The Hall–Kier alpha value is -0.610. The average Bonchev–Trinajstić information content (AvgIpc) is 3.17. The highest BCUT2D eigenvalue weighted by Crippen LogP contribution is 2.24. The summed E-state index contributed by atoms with van der Waals surface area (Å²) >= 11 is 0. The third kappa shape index (κ3) is 5.49. The van der Waals surface area contributed by atoms with Crippen molar-refractivity contribution >= 4 is 5.91 Å². The molecule has 1 saturated carbocycles. The van der Waals surface area contributed by atoms with Crippen LogP contribution in [0.2, 0.25) is 0 Å². The fourth-order valence-corrected chi connectivity index (χ4v) is 2.27. The number of amides is 1. The van der Waals surface area contributed by atoms with Crippen LogP contribution in [0.3, 0.4) is 0 Å². The number of carbonyl (C=O) groups is 1. The number of nitrogens with two attached hydrogens (primary N) is 1. The van der Waals surface area contributed by atoms with Gasteiger partial charge in [-0.1, -0.05) is 27.2 Å². The van der Waals surface area contributed by atoms with Crippen molar-refractivity contribution in [1.29, 1.82) is 0 Å². The maximum Gasteiger partial charge on any atom is 0.237 e. The van der Waals surface area contributed by atoms with Gasteiger partial charge in [-0.05, 0) is 38.6 Å². The summed E-state index contributed by atoms with van der Waals surface area (Å²) in [4.78, 5) is 14.1. The van der Waals surface area contributed by atoms with Crippen molar-refractivity contribution in [3.8, 4) is 0 Å². The summed E-state index contributed by atoms with van der Waals surface area (Å²) in [6.45, 7) is 11.7. The fourth-order valence-electron chi connectivity index (χ4n) is 2.27. The Morgan fingerprint density at radius 1 is 1.47 bits per heavy atom. The van der Waals surface area contributed by atoms with Gasteiger partial charge in [0.05, 0.1) is 5.54 Å². The molecule has 1 rings (SSSR count). The van der Waals surface area contributed by atoms with Crippen molar-refractivity contribution in [3.05, 3.63) is 0 Å². The molecule has 1 amide bonds. The van der Waals surface area contributed by atoms with E-state index in [2.05, 4.69) is 31.0 Å². The Kier molecular flexibility index (Phi) is 6.27. The molecule has 0 bridgehead atoms. The zero-order valence-corrected chi connectivity index (χ0v) is 13.0. The van der Waals surface area contributed by atoms with Gasteiger partial charge in [0.15, 0.2) is 0 Å². The van der Waals surface area contributed by atoms with Gasteiger partial charge in [-0.2, -0.15) is 0 Å². The van der Waals surface area contributed by atoms with Crippen molar-refractivity contribution in [2.45, 2.75) is 65.0 Å². The summed E-state index contributed by atoms with van der Waals surface area (Å²) in [5.41, 5.74) is 5.03. The molecule has 0 heterocycles. The minimum Gasteiger partial charge on any atom is -0.368 e. The number of hydrogen-bond donors (Lipinski definition) is 2. The molecule has 1 aliphatic carbocycles. The van der Waals surface area contributed by atoms with Crippen LogP contribution in [-0.4, -0.2) is 42.0 Å². The molecule has 0 aromatic rings. The SMILES string of the molecule is CCC(C)CN(CC)CCC(C)(NC1CC1)C(N)=O. The van der Waals surface area contributed by atoms with E-state index in [0.29, 0.717) is 12.0 Å². The van der Waals surface area contributed by atoms with Crippen LogP contribution in [0, 0.1) is 5.92 Å². The summed E-state index contributed by atoms with van der Waals surface area (Å²) in [5, 5.41) is 3.41. The van der Waals surface area contributed by atoms with Crippen LogP contribution in [-0.2, 0) is 4.79 Å². The lowest BCUT2D eigenvalue weighted by Crippen LogP contribution is -2.55. The summed E-state index contributed by atoms with van der Waals surface area (Å²) in [7, 11) is 0. The van der Waals surface area contributed by atoms with Crippen molar-refractivity contribution in [3.63, 3.8) is 0 Å². The molecule has 0 aliphatic heterocycles. The van der Waals surface area contributed by atoms with Crippen molar-refractivity contribution in [2.75, 3.05) is 19.6 Å². The second kappa shape index (κ2) is 7.25. The molecule has 0 saturated heterocycles. The molecule has 1 aliphatic rings. The topological polar surface area (TPSA) is 58.4 Å². The molecule has 0 spiro atoms. The summed E-state index contributed by atoms with van der Waals surface area (Å²) in [6.07, 6.45) is 4.34. The predicted molar refractivity (Wildman–Crippen MR) is 79.9 cm³/mol. The second-order valence-corrected chi connectivity index (χ2v) is 6.27. The van der Waals surface area contributed by atoms with E-state index in [1.165, 1.54) is 19.3 Å². The third-order valence-electron chi connectivity index (χ3n) is 4.29. The van der Waals surface area contributed by atoms with Crippen LogP contribution < -0.4 is 11.1 Å². The number of hydrogen-bond acceptors (Lipinski definition) is 3. The van der Waals surface area contributed by atoms with Crippen LogP contribution in [0.4, 0.5) is 0 Å². The molecule has 1 fully saturated rings. The average molecular weight is 269 g/mol. The Morgan fingerprint density at radius 2 is 2.11 bits per heavy atom. The smallest absolute Gasteiger partial charge is 0.237 e. The molecule has 2 atom stereocenters. The Labute approximate surface area is 118 Å². The van der Waals surface area contributed by atoms with Crippen molar-refractivity contribution < 1.29 is 4.79 Å². The van der Waals surface area contributed by atoms with E-state index in [4.69, 9.17) is 5.73 Å². The highest BCUT2D eigenvalue weighted by Gasteiger charge is 2.36. The van der Waals surface area contributed by atoms with Crippen molar-refractivity contribution in [1.82, 2.24) is 10.2 Å². The first-order chi connectivity index (χ1) is 8.91. The van der Waals surface area contributed by atoms with E-state index in [1.54, 1.807) is 0 Å². The predicted octanol–water partition coefficient (Wildman–Crippen LogP) is 1.74. The van der Waals surface area contributed by atoms with Gasteiger partial charge < -0.3 is 16.0 Å². The molecule has 0 aromatic carbocycles. The maximum atomic E-state index is 11.7. The van der Waals surface area contributed by atoms with Gasteiger partial charge in [0.1, 0.15) is 0 Å². The third-order valence-corrected chi connectivity index (χ3v) is 4.29. The highest BCUT2D eigenvalue weighted by molar-refractivity contribution is 5.84. The Balaban J connectivity index is 2.46. The lowest BCUT2D eigenvalue weighted by Gasteiger charge is -2.31. The van der Waals surface area contributed by atoms with E-state index >= 15 is 0 Å². The number of rotatable bonds is 10. The molecule has 2 unspecified atom stereocenters. The minimum atomic E-state index is -0.552. The fraction of sp³-hybridized carbons (Fsp3) is 0.933. The van der Waals surface area contributed by atoms with Gasteiger partial charge in [0.25, 0.3) is 0 Å². The first-order valence-corrected chi connectivity index (χ1v) is 7.71. The van der Waals surface area contributed by atoms with E-state index in [-0.39, 0.29) is 5.91 Å². The number of carbonyl (C=O) groups excluding carboxylic acids is 1. The zero-order valence-electron chi connectivity index (χ0n) is 13.0. The first kappa shape index (κ1) is 16.4. The van der Waals surface area contributed by atoms with Crippen LogP contribution in [0.15, 0.2) is 0 Å². The van der Waals surface area contributed by atoms with Crippen LogP contribution in [0.1, 0.15) is 53.4 Å². The second-order valence-electron chi connectivity index (χ2n) is 6.27. The van der Waals surface area contributed by atoms with E-state index < -0.39 is 5.54 Å². The molecule has 3 N–H and O–H groups in total. The molecular weight excluding hydrogens is 238 g/mol. The number of primary amides is 1. The number of nitrogens with one attached hydrogen (secondary N) is 1. The molecular formula is C15H31N3O. The molecule has 0 aromatic heterocycles. The minimum absolute atomic E-state index is 0.223. The quantitative estimate of drug-likeness (QED) is 0.635. The standard InChI is InChI=1S/C15H31N3O/c1-5-12(3)11-18(6-2)10-9-15(4,14(16)19)17-13-7-8-13/h12-13,17H,5-11H2,1-4H3,(H2,16,19). The van der Waals surface area contributed by atoms with Crippen LogP contribution >= 0.6 is 0 Å².